The summed E-state index contributed by atoms with van der Waals surface area (Å²) in [5.41, 5.74) is 1.83. The van der Waals surface area contributed by atoms with Crippen molar-refractivity contribution in [3.63, 3.8) is 0 Å². The summed E-state index contributed by atoms with van der Waals surface area (Å²) in [7, 11) is 0. The lowest BCUT2D eigenvalue weighted by Gasteiger charge is -2.38. The number of hydrogen-bond donors (Lipinski definition) is 2. The van der Waals surface area contributed by atoms with Gasteiger partial charge in [0, 0.05) is 10.7 Å². The Morgan fingerprint density at radius 1 is 1.17 bits per heavy atom. The number of carbonyl (C=O) groups is 1. The topological polar surface area (TPSA) is 84.7 Å². The lowest BCUT2D eigenvalue weighted by atomic mass is 9.76. The third-order valence-electron chi connectivity index (χ3n) is 5.81. The summed E-state index contributed by atoms with van der Waals surface area (Å²) < 4.78 is 1.68. The minimum absolute atomic E-state index is 0.271. The molecule has 0 spiro atoms. The normalized spacial score (nSPS) is 21.2. The van der Waals surface area contributed by atoms with Gasteiger partial charge in [0.2, 0.25) is 0 Å². The number of aryl methyl sites for hydroxylation is 1. The van der Waals surface area contributed by atoms with Gasteiger partial charge in [-0.05, 0) is 78.8 Å². The molecule has 30 heavy (non-hydrogen) atoms. The second-order valence-electron chi connectivity index (χ2n) is 8.06. The molecule has 8 heteroatoms. The van der Waals surface area contributed by atoms with Gasteiger partial charge in [0.15, 0.2) is 5.82 Å². The average molecular weight is 425 g/mol. The molecular formula is C22H25ClN6O. The third-order valence-corrected chi connectivity index (χ3v) is 6.22. The first-order valence-electron chi connectivity index (χ1n) is 10.2. The van der Waals surface area contributed by atoms with Crippen LogP contribution in [0.5, 0.6) is 0 Å². The minimum Gasteiger partial charge on any atom is -0.325 e. The molecule has 1 saturated carbocycles. The predicted molar refractivity (Wildman–Crippen MR) is 117 cm³/mol. The number of tetrazole rings is 1. The Morgan fingerprint density at radius 3 is 2.60 bits per heavy atom. The number of anilines is 1. The first-order valence-corrected chi connectivity index (χ1v) is 10.5. The third kappa shape index (κ3) is 4.16. The predicted octanol–water partition coefficient (Wildman–Crippen LogP) is 4.85. The number of nitrogens with zero attached hydrogens (tertiary/aromatic N) is 4. The molecule has 1 aromatic heterocycles. The van der Waals surface area contributed by atoms with Crippen molar-refractivity contribution in [1.29, 1.82) is 0 Å². The highest BCUT2D eigenvalue weighted by Gasteiger charge is 2.42. The van der Waals surface area contributed by atoms with Crippen LogP contribution in [-0.4, -0.2) is 26.2 Å². The molecule has 4 rings (SSSR count). The molecule has 3 aromatic rings. The van der Waals surface area contributed by atoms with E-state index >= 15 is 0 Å². The summed E-state index contributed by atoms with van der Waals surface area (Å²) in [4.78, 5) is 12.9. The van der Waals surface area contributed by atoms with Crippen LogP contribution in [-0.2, 0) is 5.54 Å². The summed E-state index contributed by atoms with van der Waals surface area (Å²) in [5.74, 6) is 1.22. The largest absolute Gasteiger partial charge is 0.325 e. The highest BCUT2D eigenvalue weighted by molar-refractivity contribution is 6.31. The van der Waals surface area contributed by atoms with Crippen LogP contribution in [0.25, 0.3) is 5.69 Å². The molecule has 2 amide bonds. The van der Waals surface area contributed by atoms with Gasteiger partial charge in [-0.1, -0.05) is 42.8 Å². The Hall–Kier alpha value is -2.93. The fourth-order valence-corrected chi connectivity index (χ4v) is 4.11. The standard InChI is InChI=1S/C22H25ClN6O/c1-15-10-12-22(13-11-15,25-21(30)24-17-6-4-3-5-7-17)20-26-27-28-29(20)18-9-8-16(2)19(23)14-18/h3-9,14-15H,10-13H2,1-2H3,(H2,24,25,30). The van der Waals surface area contributed by atoms with Crippen LogP contribution in [0.1, 0.15) is 44.0 Å². The zero-order valence-corrected chi connectivity index (χ0v) is 17.9. The van der Waals surface area contributed by atoms with Crippen LogP contribution >= 0.6 is 11.6 Å². The maximum absolute atomic E-state index is 12.9. The van der Waals surface area contributed by atoms with E-state index in [0.717, 1.165) is 42.6 Å². The highest BCUT2D eigenvalue weighted by Crippen LogP contribution is 2.39. The molecule has 156 valence electrons. The number of halogens is 1. The van der Waals surface area contributed by atoms with Crippen molar-refractivity contribution in [2.45, 2.75) is 45.1 Å². The first kappa shape index (κ1) is 20.3. The molecule has 1 heterocycles. The number of amides is 2. The Labute approximate surface area is 180 Å². The number of urea groups is 1. The minimum atomic E-state index is -0.660. The average Bonchev–Trinajstić information content (AvgIpc) is 3.23. The van der Waals surface area contributed by atoms with Gasteiger partial charge in [-0.3, -0.25) is 0 Å². The summed E-state index contributed by atoms with van der Waals surface area (Å²) >= 11 is 6.34. The quantitative estimate of drug-likeness (QED) is 0.626. The van der Waals surface area contributed by atoms with Gasteiger partial charge in [0.25, 0.3) is 0 Å². The molecule has 1 aliphatic rings. The van der Waals surface area contributed by atoms with Crippen molar-refractivity contribution in [3.05, 3.63) is 64.9 Å². The van der Waals surface area contributed by atoms with Gasteiger partial charge in [0.05, 0.1) is 5.69 Å². The van der Waals surface area contributed by atoms with Crippen molar-refractivity contribution >= 4 is 23.3 Å². The fourth-order valence-electron chi connectivity index (χ4n) is 3.93. The maximum atomic E-state index is 12.9. The monoisotopic (exact) mass is 424 g/mol. The lowest BCUT2D eigenvalue weighted by Crippen LogP contribution is -2.51. The lowest BCUT2D eigenvalue weighted by molar-refractivity contribution is 0.182. The molecule has 2 aromatic carbocycles. The number of hydrogen-bond acceptors (Lipinski definition) is 4. The number of aromatic nitrogens is 4. The van der Waals surface area contributed by atoms with E-state index in [1.165, 1.54) is 0 Å². The number of para-hydroxylation sites is 1. The van der Waals surface area contributed by atoms with E-state index in [4.69, 9.17) is 11.6 Å². The second kappa shape index (κ2) is 8.44. The molecule has 2 N–H and O–H groups in total. The zero-order valence-electron chi connectivity index (χ0n) is 17.1. The zero-order chi connectivity index (χ0) is 21.1. The smallest absolute Gasteiger partial charge is 0.320 e. The molecule has 1 fully saturated rings. The van der Waals surface area contributed by atoms with Crippen LogP contribution in [0, 0.1) is 12.8 Å². The van der Waals surface area contributed by atoms with E-state index in [1.807, 2.05) is 55.5 Å². The Kier molecular flexibility index (Phi) is 5.72. The van der Waals surface area contributed by atoms with E-state index in [1.54, 1.807) is 4.68 Å². The van der Waals surface area contributed by atoms with Crippen molar-refractivity contribution in [2.24, 2.45) is 5.92 Å². The highest BCUT2D eigenvalue weighted by atomic mass is 35.5. The van der Waals surface area contributed by atoms with Crippen LogP contribution in [0.15, 0.2) is 48.5 Å². The molecule has 0 radical (unpaired) electrons. The molecule has 0 bridgehead atoms. The molecule has 0 aliphatic heterocycles. The molecule has 0 saturated heterocycles. The number of rotatable bonds is 4. The summed E-state index contributed by atoms with van der Waals surface area (Å²) in [6.45, 7) is 4.18. The Morgan fingerprint density at radius 2 is 1.90 bits per heavy atom. The van der Waals surface area contributed by atoms with Gasteiger partial charge in [-0.25, -0.2) is 4.79 Å². The maximum Gasteiger partial charge on any atom is 0.320 e. The van der Waals surface area contributed by atoms with Crippen molar-refractivity contribution < 1.29 is 4.79 Å². The van der Waals surface area contributed by atoms with E-state index < -0.39 is 5.54 Å². The number of benzene rings is 2. The Balaban J connectivity index is 1.67. The molecule has 1 aliphatic carbocycles. The number of nitrogens with one attached hydrogen (secondary N) is 2. The van der Waals surface area contributed by atoms with Crippen LogP contribution < -0.4 is 10.6 Å². The van der Waals surface area contributed by atoms with Crippen LogP contribution in [0.4, 0.5) is 10.5 Å². The van der Waals surface area contributed by atoms with Gasteiger partial charge < -0.3 is 10.6 Å². The summed E-state index contributed by atoms with van der Waals surface area (Å²) in [5, 5.41) is 19.2. The summed E-state index contributed by atoms with van der Waals surface area (Å²) in [6.07, 6.45) is 3.48. The molecule has 0 atom stereocenters. The van der Waals surface area contributed by atoms with E-state index in [9.17, 15) is 4.79 Å². The molecule has 7 nitrogen and oxygen atoms in total. The number of carbonyl (C=O) groups excluding carboxylic acids is 1. The van der Waals surface area contributed by atoms with Crippen LogP contribution in [0.2, 0.25) is 5.02 Å². The van der Waals surface area contributed by atoms with Crippen molar-refractivity contribution in [3.8, 4) is 5.69 Å². The fraction of sp³-hybridized carbons (Fsp3) is 0.364. The second-order valence-corrected chi connectivity index (χ2v) is 8.46. The molecule has 0 unspecified atom stereocenters. The van der Waals surface area contributed by atoms with E-state index in [2.05, 4.69) is 33.1 Å². The van der Waals surface area contributed by atoms with Crippen LogP contribution in [0.3, 0.4) is 0 Å². The van der Waals surface area contributed by atoms with Gasteiger partial charge in [-0.15, -0.1) is 5.10 Å². The van der Waals surface area contributed by atoms with E-state index in [-0.39, 0.29) is 6.03 Å². The van der Waals surface area contributed by atoms with E-state index in [0.29, 0.717) is 16.8 Å². The Bertz CT molecular complexity index is 1030. The molecular weight excluding hydrogens is 400 g/mol. The van der Waals surface area contributed by atoms with Gasteiger partial charge in [-0.2, -0.15) is 4.68 Å². The SMILES string of the molecule is Cc1ccc(-n2nnnc2C2(NC(=O)Nc3ccccc3)CCC(C)CC2)cc1Cl. The van der Waals surface area contributed by atoms with Gasteiger partial charge in [0.1, 0.15) is 5.54 Å². The summed E-state index contributed by atoms with van der Waals surface area (Å²) in [6, 6.07) is 14.8. The first-order chi connectivity index (χ1) is 14.5. The van der Waals surface area contributed by atoms with Crippen molar-refractivity contribution in [2.75, 3.05) is 5.32 Å². The van der Waals surface area contributed by atoms with Gasteiger partial charge >= 0.3 is 6.03 Å². The van der Waals surface area contributed by atoms with Crippen molar-refractivity contribution in [1.82, 2.24) is 25.5 Å².